The maximum absolute atomic E-state index is 3.80. The molecule has 0 unspecified atom stereocenters. The van der Waals surface area contributed by atoms with Crippen LogP contribution in [0, 0.1) is 5.41 Å². The number of halogens is 1. The zero-order valence-electron chi connectivity index (χ0n) is 7.37. The van der Waals surface area contributed by atoms with Crippen molar-refractivity contribution in [1.82, 2.24) is 0 Å². The SMILES string of the molecule is C=CC(C)(C)CC(C)(C)Br. The lowest BCUT2D eigenvalue weighted by molar-refractivity contribution is 0.394. The van der Waals surface area contributed by atoms with Gasteiger partial charge in [-0.05, 0) is 11.8 Å². The van der Waals surface area contributed by atoms with Crippen LogP contribution < -0.4 is 0 Å². The number of alkyl halides is 1. The summed E-state index contributed by atoms with van der Waals surface area (Å²) >= 11 is 3.61. The van der Waals surface area contributed by atoms with E-state index in [1.54, 1.807) is 0 Å². The molecule has 0 atom stereocenters. The van der Waals surface area contributed by atoms with Crippen LogP contribution in [-0.2, 0) is 0 Å². The van der Waals surface area contributed by atoms with Crippen LogP contribution in [0.1, 0.15) is 34.1 Å². The van der Waals surface area contributed by atoms with E-state index in [1.165, 1.54) is 0 Å². The van der Waals surface area contributed by atoms with E-state index in [2.05, 4.69) is 50.2 Å². The first-order valence-electron chi connectivity index (χ1n) is 3.59. The normalized spacial score (nSPS) is 13.3. The van der Waals surface area contributed by atoms with Gasteiger partial charge in [-0.3, -0.25) is 0 Å². The van der Waals surface area contributed by atoms with E-state index < -0.39 is 0 Å². The minimum atomic E-state index is 0.227. The lowest BCUT2D eigenvalue weighted by Crippen LogP contribution is -2.20. The van der Waals surface area contributed by atoms with E-state index >= 15 is 0 Å². The Morgan fingerprint density at radius 1 is 1.30 bits per heavy atom. The molecule has 0 nitrogen and oxygen atoms in total. The number of rotatable bonds is 3. The minimum absolute atomic E-state index is 0.227. The van der Waals surface area contributed by atoms with Gasteiger partial charge < -0.3 is 0 Å². The maximum Gasteiger partial charge on any atom is 0.0209 e. The van der Waals surface area contributed by atoms with E-state index in [9.17, 15) is 0 Å². The van der Waals surface area contributed by atoms with Crippen molar-refractivity contribution >= 4 is 15.9 Å². The number of hydrogen-bond acceptors (Lipinski definition) is 0. The van der Waals surface area contributed by atoms with Gasteiger partial charge in [-0.1, -0.05) is 49.7 Å². The van der Waals surface area contributed by atoms with Crippen molar-refractivity contribution in [3.63, 3.8) is 0 Å². The lowest BCUT2D eigenvalue weighted by atomic mass is 9.84. The van der Waals surface area contributed by atoms with Crippen molar-refractivity contribution in [3.05, 3.63) is 12.7 Å². The molecule has 0 spiro atoms. The molecule has 0 aliphatic rings. The second-order valence-electron chi connectivity index (χ2n) is 4.09. The minimum Gasteiger partial charge on any atom is -0.103 e. The highest BCUT2D eigenvalue weighted by Gasteiger charge is 2.23. The molecule has 0 saturated carbocycles. The van der Waals surface area contributed by atoms with Crippen molar-refractivity contribution in [2.24, 2.45) is 5.41 Å². The molecule has 10 heavy (non-hydrogen) atoms. The molecule has 1 heteroatoms. The molecule has 0 N–H and O–H groups in total. The molecule has 60 valence electrons. The van der Waals surface area contributed by atoms with Crippen LogP contribution in [0.15, 0.2) is 12.7 Å². The number of hydrogen-bond donors (Lipinski definition) is 0. The van der Waals surface area contributed by atoms with Gasteiger partial charge in [0.1, 0.15) is 0 Å². The molecule has 0 heterocycles. The summed E-state index contributed by atoms with van der Waals surface area (Å²) in [4.78, 5) is 0. The Labute approximate surface area is 72.8 Å². The van der Waals surface area contributed by atoms with Crippen LogP contribution in [-0.4, -0.2) is 4.32 Å². The fraction of sp³-hybridized carbons (Fsp3) is 0.778. The Bertz CT molecular complexity index is 117. The Balaban J connectivity index is 4.01. The maximum atomic E-state index is 3.80. The van der Waals surface area contributed by atoms with Gasteiger partial charge in [0.15, 0.2) is 0 Å². The van der Waals surface area contributed by atoms with Crippen LogP contribution in [0.4, 0.5) is 0 Å². The van der Waals surface area contributed by atoms with Crippen LogP contribution in [0.3, 0.4) is 0 Å². The lowest BCUT2D eigenvalue weighted by Gasteiger charge is -2.27. The zero-order chi connectivity index (χ0) is 8.41. The molecule has 0 aliphatic carbocycles. The first kappa shape index (κ1) is 10.2. The highest BCUT2D eigenvalue weighted by Crippen LogP contribution is 2.33. The molecule has 0 fully saturated rings. The highest BCUT2D eigenvalue weighted by atomic mass is 79.9. The van der Waals surface area contributed by atoms with Gasteiger partial charge in [0.2, 0.25) is 0 Å². The van der Waals surface area contributed by atoms with Crippen LogP contribution in [0.5, 0.6) is 0 Å². The standard InChI is InChI=1S/C9H17Br/c1-6-8(2,3)7-9(4,5)10/h6H,1,7H2,2-5H3. The Hall–Kier alpha value is 0.220. The van der Waals surface area contributed by atoms with Crippen LogP contribution >= 0.6 is 15.9 Å². The molecule has 0 radical (unpaired) electrons. The van der Waals surface area contributed by atoms with Gasteiger partial charge in [0, 0.05) is 4.32 Å². The number of allylic oxidation sites excluding steroid dienone is 1. The van der Waals surface area contributed by atoms with Crippen molar-refractivity contribution in [1.29, 1.82) is 0 Å². The predicted octanol–water partition coefficient (Wildman–Crippen LogP) is 3.76. The van der Waals surface area contributed by atoms with E-state index in [1.807, 2.05) is 6.08 Å². The molecule has 0 rings (SSSR count). The fourth-order valence-corrected chi connectivity index (χ4v) is 1.88. The van der Waals surface area contributed by atoms with Crippen molar-refractivity contribution < 1.29 is 0 Å². The summed E-state index contributed by atoms with van der Waals surface area (Å²) < 4.78 is 0.227. The van der Waals surface area contributed by atoms with Gasteiger partial charge in [0.05, 0.1) is 0 Å². The Morgan fingerprint density at radius 2 is 1.70 bits per heavy atom. The molecule has 0 aromatic heterocycles. The van der Waals surface area contributed by atoms with Crippen molar-refractivity contribution in [2.75, 3.05) is 0 Å². The largest absolute Gasteiger partial charge is 0.103 e. The molecule has 0 amide bonds. The monoisotopic (exact) mass is 204 g/mol. The van der Waals surface area contributed by atoms with Gasteiger partial charge in [-0.15, -0.1) is 6.58 Å². The summed E-state index contributed by atoms with van der Waals surface area (Å²) in [7, 11) is 0. The molecule has 0 saturated heterocycles. The second-order valence-corrected chi connectivity index (χ2v) is 6.23. The molecule has 0 bridgehead atoms. The van der Waals surface area contributed by atoms with Gasteiger partial charge in [-0.2, -0.15) is 0 Å². The third-order valence-electron chi connectivity index (χ3n) is 1.43. The summed E-state index contributed by atoms with van der Waals surface area (Å²) in [5.74, 6) is 0. The summed E-state index contributed by atoms with van der Waals surface area (Å²) in [6.07, 6.45) is 3.12. The molecular weight excluding hydrogens is 188 g/mol. The third kappa shape index (κ3) is 5.04. The average Bonchev–Trinajstić information content (AvgIpc) is 1.60. The van der Waals surface area contributed by atoms with E-state index in [0.717, 1.165) is 6.42 Å². The molecule has 0 aliphatic heterocycles. The van der Waals surface area contributed by atoms with Crippen molar-refractivity contribution in [2.45, 2.75) is 38.4 Å². The van der Waals surface area contributed by atoms with Crippen LogP contribution in [0.25, 0.3) is 0 Å². The zero-order valence-corrected chi connectivity index (χ0v) is 8.96. The van der Waals surface area contributed by atoms with Gasteiger partial charge >= 0.3 is 0 Å². The van der Waals surface area contributed by atoms with E-state index in [0.29, 0.717) is 0 Å². The van der Waals surface area contributed by atoms with E-state index in [4.69, 9.17) is 0 Å². The second kappa shape index (κ2) is 3.08. The quantitative estimate of drug-likeness (QED) is 0.486. The van der Waals surface area contributed by atoms with Crippen molar-refractivity contribution in [3.8, 4) is 0 Å². The topological polar surface area (TPSA) is 0 Å². The predicted molar refractivity (Wildman–Crippen MR) is 51.6 cm³/mol. The summed E-state index contributed by atoms with van der Waals surface area (Å²) in [5.41, 5.74) is 0.243. The van der Waals surface area contributed by atoms with Crippen LogP contribution in [0.2, 0.25) is 0 Å². The summed E-state index contributed by atoms with van der Waals surface area (Å²) in [6, 6.07) is 0. The van der Waals surface area contributed by atoms with Gasteiger partial charge in [-0.25, -0.2) is 0 Å². The first-order chi connectivity index (χ1) is 4.27. The molecular formula is C9H17Br. The van der Waals surface area contributed by atoms with E-state index in [-0.39, 0.29) is 9.74 Å². The highest BCUT2D eigenvalue weighted by molar-refractivity contribution is 9.10. The average molecular weight is 205 g/mol. The Kier molecular flexibility index (Phi) is 3.15. The fourth-order valence-electron chi connectivity index (χ4n) is 1.16. The smallest absolute Gasteiger partial charge is 0.0209 e. The molecule has 0 aromatic rings. The third-order valence-corrected chi connectivity index (χ3v) is 1.71. The summed E-state index contributed by atoms with van der Waals surface area (Å²) in [5, 5.41) is 0. The summed E-state index contributed by atoms with van der Waals surface area (Å²) in [6.45, 7) is 12.5. The molecule has 0 aromatic carbocycles. The van der Waals surface area contributed by atoms with Gasteiger partial charge in [0.25, 0.3) is 0 Å². The first-order valence-corrected chi connectivity index (χ1v) is 4.39. The Morgan fingerprint density at radius 3 is 1.80 bits per heavy atom.